The Kier molecular flexibility index (Phi) is 7.18. The normalized spacial score (nSPS) is 18.1. The molecule has 1 N–H and O–H groups in total. The van der Waals surface area contributed by atoms with Gasteiger partial charge in [-0.25, -0.2) is 0 Å². The van der Waals surface area contributed by atoms with Crippen molar-refractivity contribution in [2.45, 2.75) is 19.4 Å². The third-order valence-electron chi connectivity index (χ3n) is 5.40. The summed E-state index contributed by atoms with van der Waals surface area (Å²) >= 11 is 3.47. The van der Waals surface area contributed by atoms with Crippen LogP contribution in [0.4, 0.5) is 0 Å². The molecular weight excluding hydrogens is 460 g/mol. The number of ketones is 1. The van der Waals surface area contributed by atoms with Crippen LogP contribution in [0.3, 0.4) is 0 Å². The molecule has 1 amide bonds. The first-order valence-corrected chi connectivity index (χ1v) is 10.9. The lowest BCUT2D eigenvalue weighted by Crippen LogP contribution is -2.32. The van der Waals surface area contributed by atoms with Gasteiger partial charge in [0.15, 0.2) is 0 Å². The van der Waals surface area contributed by atoms with Crippen molar-refractivity contribution >= 4 is 33.4 Å². The molecule has 0 radical (unpaired) electrons. The molecule has 0 aliphatic carbocycles. The first-order chi connectivity index (χ1) is 14.7. The van der Waals surface area contributed by atoms with Crippen molar-refractivity contribution in [1.29, 1.82) is 0 Å². The molecule has 1 aliphatic heterocycles. The Balaban J connectivity index is 2.12. The molecule has 0 aromatic heterocycles. The van der Waals surface area contributed by atoms with Gasteiger partial charge in [-0.2, -0.15) is 0 Å². The molecule has 0 unspecified atom stereocenters. The van der Waals surface area contributed by atoms with E-state index in [9.17, 15) is 14.7 Å². The second-order valence-corrected chi connectivity index (χ2v) is 8.80. The highest BCUT2D eigenvalue weighted by molar-refractivity contribution is 9.10. The number of rotatable bonds is 7. The summed E-state index contributed by atoms with van der Waals surface area (Å²) in [7, 11) is 5.50. The van der Waals surface area contributed by atoms with E-state index in [4.69, 9.17) is 4.74 Å². The summed E-state index contributed by atoms with van der Waals surface area (Å²) in [6, 6.07) is 12.1. The molecule has 1 fully saturated rings. The van der Waals surface area contributed by atoms with E-state index < -0.39 is 17.7 Å². The monoisotopic (exact) mass is 486 g/mol. The third kappa shape index (κ3) is 4.83. The van der Waals surface area contributed by atoms with Gasteiger partial charge in [0.2, 0.25) is 0 Å². The molecule has 164 valence electrons. The summed E-state index contributed by atoms with van der Waals surface area (Å²) in [4.78, 5) is 29.6. The average Bonchev–Trinajstić information content (AvgIpc) is 2.98. The van der Waals surface area contributed by atoms with Gasteiger partial charge < -0.3 is 19.6 Å². The number of halogens is 1. The zero-order chi connectivity index (χ0) is 22.7. The maximum absolute atomic E-state index is 13.1. The first-order valence-electron chi connectivity index (χ1n) is 10.1. The Morgan fingerprint density at radius 2 is 1.94 bits per heavy atom. The van der Waals surface area contributed by atoms with Crippen LogP contribution < -0.4 is 4.74 Å². The van der Waals surface area contributed by atoms with E-state index in [0.29, 0.717) is 24.3 Å². The topological polar surface area (TPSA) is 70.1 Å². The number of nitrogens with zero attached hydrogens (tertiary/aromatic N) is 2. The van der Waals surface area contributed by atoms with Crippen LogP contribution in [0, 0.1) is 6.92 Å². The number of aliphatic hydroxyl groups is 1. The largest absolute Gasteiger partial charge is 0.507 e. The van der Waals surface area contributed by atoms with Gasteiger partial charge in [0.05, 0.1) is 18.7 Å². The lowest BCUT2D eigenvalue weighted by Gasteiger charge is -2.26. The smallest absolute Gasteiger partial charge is 0.295 e. The van der Waals surface area contributed by atoms with Crippen LogP contribution in [0.15, 0.2) is 52.5 Å². The number of methoxy groups -OCH3 is 1. The number of aryl methyl sites for hydroxylation is 1. The number of aliphatic hydroxyl groups excluding tert-OH is 1. The Hall–Kier alpha value is -2.64. The maximum Gasteiger partial charge on any atom is 0.295 e. The molecule has 6 nitrogen and oxygen atoms in total. The van der Waals surface area contributed by atoms with Crippen molar-refractivity contribution in [3.05, 3.63) is 69.2 Å². The maximum atomic E-state index is 13.1. The minimum Gasteiger partial charge on any atom is -0.507 e. The van der Waals surface area contributed by atoms with Gasteiger partial charge in [-0.15, -0.1) is 0 Å². The molecule has 1 heterocycles. The molecule has 7 heteroatoms. The zero-order valence-corrected chi connectivity index (χ0v) is 19.8. The molecule has 31 heavy (non-hydrogen) atoms. The predicted molar refractivity (Wildman–Crippen MR) is 124 cm³/mol. The van der Waals surface area contributed by atoms with Gasteiger partial charge in [0.25, 0.3) is 11.7 Å². The molecule has 1 aliphatic rings. The van der Waals surface area contributed by atoms with Gasteiger partial charge in [-0.1, -0.05) is 28.1 Å². The molecule has 1 atom stereocenters. The van der Waals surface area contributed by atoms with Crippen molar-refractivity contribution < 1.29 is 19.4 Å². The Morgan fingerprint density at radius 3 is 2.55 bits per heavy atom. The quantitative estimate of drug-likeness (QED) is 0.361. The van der Waals surface area contributed by atoms with E-state index in [0.717, 1.165) is 22.1 Å². The zero-order valence-electron chi connectivity index (χ0n) is 18.2. The predicted octanol–water partition coefficient (Wildman–Crippen LogP) is 4.14. The number of likely N-dealkylation sites (tertiary alicyclic amines) is 1. The summed E-state index contributed by atoms with van der Waals surface area (Å²) in [5, 5.41) is 11.2. The van der Waals surface area contributed by atoms with Crippen molar-refractivity contribution in [3.63, 3.8) is 0 Å². The second-order valence-electron chi connectivity index (χ2n) is 7.89. The fourth-order valence-electron chi connectivity index (χ4n) is 3.87. The molecule has 0 saturated carbocycles. The lowest BCUT2D eigenvalue weighted by molar-refractivity contribution is -0.139. The summed E-state index contributed by atoms with van der Waals surface area (Å²) < 4.78 is 6.08. The molecular formula is C24H27BrN2O4. The number of hydrogen-bond donors (Lipinski definition) is 1. The van der Waals surface area contributed by atoms with Crippen LogP contribution in [0.1, 0.15) is 29.2 Å². The van der Waals surface area contributed by atoms with Gasteiger partial charge in [0.1, 0.15) is 11.5 Å². The minimum atomic E-state index is -0.664. The van der Waals surface area contributed by atoms with Crippen molar-refractivity contribution in [2.24, 2.45) is 0 Å². The van der Waals surface area contributed by atoms with Gasteiger partial charge in [-0.3, -0.25) is 9.59 Å². The van der Waals surface area contributed by atoms with Crippen molar-refractivity contribution in [1.82, 2.24) is 9.80 Å². The highest BCUT2D eigenvalue weighted by atomic mass is 79.9. The SMILES string of the molecule is COc1ccc(/C(O)=C2\C(=O)C(=O)N(CCCN(C)C)[C@@H]2c2cccc(Br)c2)c(C)c1. The summed E-state index contributed by atoms with van der Waals surface area (Å²) in [6.45, 7) is 3.03. The molecule has 0 spiro atoms. The third-order valence-corrected chi connectivity index (χ3v) is 5.89. The van der Waals surface area contributed by atoms with E-state index in [-0.39, 0.29) is 11.3 Å². The van der Waals surface area contributed by atoms with Crippen LogP contribution in [0.2, 0.25) is 0 Å². The molecule has 0 bridgehead atoms. The van der Waals surface area contributed by atoms with E-state index in [1.807, 2.05) is 50.2 Å². The molecule has 2 aromatic rings. The number of hydrogen-bond acceptors (Lipinski definition) is 5. The van der Waals surface area contributed by atoms with Crippen LogP contribution in [-0.4, -0.2) is 60.9 Å². The van der Waals surface area contributed by atoms with Crippen LogP contribution in [0.5, 0.6) is 5.75 Å². The fourth-order valence-corrected chi connectivity index (χ4v) is 4.28. The first kappa shape index (κ1) is 23.0. The number of amides is 1. The van der Waals surface area contributed by atoms with E-state index in [1.165, 1.54) is 0 Å². The van der Waals surface area contributed by atoms with Gasteiger partial charge >= 0.3 is 0 Å². The number of ether oxygens (including phenoxy) is 1. The summed E-state index contributed by atoms with van der Waals surface area (Å²) in [5.41, 5.74) is 2.14. The Labute approximate surface area is 191 Å². The van der Waals surface area contributed by atoms with Crippen LogP contribution in [0.25, 0.3) is 5.76 Å². The fraction of sp³-hybridized carbons (Fsp3) is 0.333. The standard InChI is InChI=1S/C24H27BrN2O4/c1-15-13-18(31-4)9-10-19(15)22(28)20-21(16-7-5-8-17(25)14-16)27(24(30)23(20)29)12-6-11-26(2)3/h5,7-10,13-14,21,28H,6,11-12H2,1-4H3/b22-20+/t21-/m1/s1. The highest BCUT2D eigenvalue weighted by Crippen LogP contribution is 2.40. The highest BCUT2D eigenvalue weighted by Gasteiger charge is 2.45. The lowest BCUT2D eigenvalue weighted by atomic mass is 9.94. The Bertz CT molecular complexity index is 1030. The molecule has 1 saturated heterocycles. The Morgan fingerprint density at radius 1 is 1.19 bits per heavy atom. The van der Waals surface area contributed by atoms with Crippen LogP contribution >= 0.6 is 15.9 Å². The number of Topliss-reactive ketones (excluding diaryl/α,β-unsaturated/α-hetero) is 1. The van der Waals surface area contributed by atoms with Crippen molar-refractivity contribution in [2.75, 3.05) is 34.3 Å². The van der Waals surface area contributed by atoms with Gasteiger partial charge in [-0.05, 0) is 75.4 Å². The number of carbonyl (C=O) groups excluding carboxylic acids is 2. The number of carbonyl (C=O) groups is 2. The number of benzene rings is 2. The molecule has 3 rings (SSSR count). The van der Waals surface area contributed by atoms with Gasteiger partial charge in [0, 0.05) is 16.6 Å². The second kappa shape index (κ2) is 9.66. The molecule has 2 aromatic carbocycles. The van der Waals surface area contributed by atoms with Crippen LogP contribution in [-0.2, 0) is 9.59 Å². The van der Waals surface area contributed by atoms with E-state index in [2.05, 4.69) is 15.9 Å². The van der Waals surface area contributed by atoms with E-state index >= 15 is 0 Å². The van der Waals surface area contributed by atoms with E-state index in [1.54, 1.807) is 30.2 Å². The van der Waals surface area contributed by atoms with Crippen molar-refractivity contribution in [3.8, 4) is 5.75 Å². The summed E-state index contributed by atoms with van der Waals surface area (Å²) in [6.07, 6.45) is 0.714. The minimum absolute atomic E-state index is 0.112. The average molecular weight is 487 g/mol. The summed E-state index contributed by atoms with van der Waals surface area (Å²) in [5.74, 6) is -0.765.